The maximum atomic E-state index is 12.8. The van der Waals surface area contributed by atoms with E-state index in [0.717, 1.165) is 6.07 Å². The number of rotatable bonds is 2. The van der Waals surface area contributed by atoms with Crippen LogP contribution in [0.2, 0.25) is 0 Å². The lowest BCUT2D eigenvalue weighted by atomic mass is 10.1. The Morgan fingerprint density at radius 2 is 2.00 bits per heavy atom. The number of benzene rings is 1. The molecular formula is C8H11FN2O2. The molecule has 1 rings (SSSR count). The van der Waals surface area contributed by atoms with E-state index < -0.39 is 12.1 Å². The number of hydrogen-bond acceptors (Lipinski definition) is 4. The van der Waals surface area contributed by atoms with Gasteiger partial charge in [0.2, 0.25) is 0 Å². The van der Waals surface area contributed by atoms with Crippen molar-refractivity contribution in [2.75, 3.05) is 18.6 Å². The van der Waals surface area contributed by atoms with E-state index in [1.165, 1.54) is 13.2 Å². The molecule has 0 bridgehead atoms. The molecule has 1 atom stereocenters. The number of aliphatic hydroxyl groups is 1. The highest BCUT2D eigenvalue weighted by Gasteiger charge is 2.13. The molecule has 0 heterocycles. The molecule has 1 unspecified atom stereocenters. The lowest BCUT2D eigenvalue weighted by Gasteiger charge is -2.13. The van der Waals surface area contributed by atoms with Crippen molar-refractivity contribution in [1.29, 1.82) is 0 Å². The van der Waals surface area contributed by atoms with E-state index in [-0.39, 0.29) is 16.9 Å². The first kappa shape index (κ1) is 9.76. The highest BCUT2D eigenvalue weighted by molar-refractivity contribution is 5.68. The van der Waals surface area contributed by atoms with Crippen molar-refractivity contribution in [2.45, 2.75) is 6.29 Å². The van der Waals surface area contributed by atoms with Gasteiger partial charge < -0.3 is 21.3 Å². The van der Waals surface area contributed by atoms with Gasteiger partial charge in [0, 0.05) is 12.7 Å². The third kappa shape index (κ3) is 1.71. The summed E-state index contributed by atoms with van der Waals surface area (Å²) in [5.41, 5.74) is 10.9. The Bertz CT molecular complexity index is 317. The largest absolute Gasteiger partial charge is 0.397 e. The highest BCUT2D eigenvalue weighted by atomic mass is 19.1. The van der Waals surface area contributed by atoms with Gasteiger partial charge in [0.05, 0.1) is 11.4 Å². The third-order valence-corrected chi connectivity index (χ3v) is 1.76. The molecule has 0 aliphatic heterocycles. The Kier molecular flexibility index (Phi) is 2.69. The Morgan fingerprint density at radius 1 is 1.38 bits per heavy atom. The van der Waals surface area contributed by atoms with Crippen molar-refractivity contribution in [1.82, 2.24) is 0 Å². The minimum absolute atomic E-state index is 0.00866. The van der Waals surface area contributed by atoms with Gasteiger partial charge in [-0.3, -0.25) is 0 Å². The fraction of sp³-hybridized carbons (Fsp3) is 0.250. The molecule has 1 aromatic rings. The Morgan fingerprint density at radius 3 is 2.54 bits per heavy atom. The van der Waals surface area contributed by atoms with Crippen LogP contribution < -0.4 is 11.5 Å². The van der Waals surface area contributed by atoms with Gasteiger partial charge in [-0.15, -0.1) is 0 Å². The zero-order chi connectivity index (χ0) is 10.0. The van der Waals surface area contributed by atoms with Gasteiger partial charge in [-0.05, 0) is 12.1 Å². The number of halogens is 1. The smallest absolute Gasteiger partial charge is 0.182 e. The quantitative estimate of drug-likeness (QED) is 0.467. The van der Waals surface area contributed by atoms with Crippen molar-refractivity contribution in [3.8, 4) is 0 Å². The molecular weight excluding hydrogens is 175 g/mol. The second kappa shape index (κ2) is 3.59. The fourth-order valence-electron chi connectivity index (χ4n) is 0.969. The van der Waals surface area contributed by atoms with Gasteiger partial charge in [-0.1, -0.05) is 0 Å². The van der Waals surface area contributed by atoms with Gasteiger partial charge in [-0.2, -0.15) is 0 Å². The maximum Gasteiger partial charge on any atom is 0.182 e. The van der Waals surface area contributed by atoms with Crippen LogP contribution in [0.1, 0.15) is 11.9 Å². The summed E-state index contributed by atoms with van der Waals surface area (Å²) in [6.45, 7) is 0. The molecule has 0 radical (unpaired) electrons. The number of nitrogens with two attached hydrogens (primary N) is 2. The topological polar surface area (TPSA) is 81.5 Å². The standard InChI is InChI=1S/C8H11FN2O2/c1-13-8(12)4-2-3-5(9)7(11)6(4)10/h2-3,8,12H,10-11H2,1H3. The molecule has 72 valence electrons. The minimum atomic E-state index is -1.18. The predicted octanol–water partition coefficient (Wildman–Crippen LogP) is 0.627. The summed E-state index contributed by atoms with van der Waals surface area (Å²) in [5.74, 6) is -0.607. The van der Waals surface area contributed by atoms with Gasteiger partial charge in [-0.25, -0.2) is 4.39 Å². The van der Waals surface area contributed by atoms with Crippen LogP contribution in [0.25, 0.3) is 0 Å². The van der Waals surface area contributed by atoms with Crippen LogP contribution in [0.5, 0.6) is 0 Å². The first-order valence-electron chi connectivity index (χ1n) is 3.62. The molecule has 5 heteroatoms. The van der Waals surface area contributed by atoms with E-state index in [9.17, 15) is 9.50 Å². The van der Waals surface area contributed by atoms with Gasteiger partial charge in [0.15, 0.2) is 6.29 Å². The fourth-order valence-corrected chi connectivity index (χ4v) is 0.969. The van der Waals surface area contributed by atoms with Crippen LogP contribution in [0.15, 0.2) is 12.1 Å². The van der Waals surface area contributed by atoms with E-state index in [2.05, 4.69) is 4.74 Å². The van der Waals surface area contributed by atoms with E-state index in [0.29, 0.717) is 0 Å². The first-order valence-corrected chi connectivity index (χ1v) is 3.62. The molecule has 0 aliphatic carbocycles. The molecule has 0 amide bonds. The summed E-state index contributed by atoms with van der Waals surface area (Å²) in [6, 6.07) is 2.46. The minimum Gasteiger partial charge on any atom is -0.397 e. The molecule has 0 saturated carbocycles. The van der Waals surface area contributed by atoms with Crippen LogP contribution in [0.4, 0.5) is 15.8 Å². The predicted molar refractivity (Wildman–Crippen MR) is 47.2 cm³/mol. The van der Waals surface area contributed by atoms with Crippen LogP contribution >= 0.6 is 0 Å². The van der Waals surface area contributed by atoms with Gasteiger partial charge >= 0.3 is 0 Å². The average molecular weight is 186 g/mol. The normalized spacial score (nSPS) is 12.8. The number of nitrogen functional groups attached to an aromatic ring is 2. The zero-order valence-corrected chi connectivity index (χ0v) is 7.12. The average Bonchev–Trinajstić information content (AvgIpc) is 2.13. The second-order valence-corrected chi connectivity index (χ2v) is 2.55. The molecule has 0 saturated heterocycles. The number of ether oxygens (including phenoxy) is 1. The van der Waals surface area contributed by atoms with Crippen LogP contribution in [0, 0.1) is 5.82 Å². The van der Waals surface area contributed by atoms with Crippen molar-refractivity contribution >= 4 is 11.4 Å². The summed E-state index contributed by atoms with van der Waals surface area (Å²) >= 11 is 0. The summed E-state index contributed by atoms with van der Waals surface area (Å²) in [6.07, 6.45) is -1.18. The molecule has 5 N–H and O–H groups in total. The van der Waals surface area contributed by atoms with Crippen molar-refractivity contribution in [2.24, 2.45) is 0 Å². The summed E-state index contributed by atoms with van der Waals surface area (Å²) in [5, 5.41) is 9.25. The summed E-state index contributed by atoms with van der Waals surface area (Å²) in [4.78, 5) is 0. The van der Waals surface area contributed by atoms with Crippen molar-refractivity contribution < 1.29 is 14.2 Å². The Balaban J connectivity index is 3.18. The van der Waals surface area contributed by atoms with Crippen LogP contribution in [-0.4, -0.2) is 12.2 Å². The molecule has 13 heavy (non-hydrogen) atoms. The van der Waals surface area contributed by atoms with Crippen molar-refractivity contribution in [3.05, 3.63) is 23.5 Å². The summed E-state index contributed by atoms with van der Waals surface area (Å²) < 4.78 is 17.4. The van der Waals surface area contributed by atoms with Gasteiger partial charge in [0.1, 0.15) is 5.82 Å². The maximum absolute atomic E-state index is 12.8. The number of aliphatic hydroxyl groups excluding tert-OH is 1. The third-order valence-electron chi connectivity index (χ3n) is 1.76. The van der Waals surface area contributed by atoms with E-state index in [1.54, 1.807) is 0 Å². The van der Waals surface area contributed by atoms with E-state index in [4.69, 9.17) is 11.5 Å². The van der Waals surface area contributed by atoms with E-state index >= 15 is 0 Å². The molecule has 0 fully saturated rings. The molecule has 0 aromatic heterocycles. The SMILES string of the molecule is COC(O)c1ccc(F)c(N)c1N. The highest BCUT2D eigenvalue weighted by Crippen LogP contribution is 2.28. The van der Waals surface area contributed by atoms with E-state index in [1.807, 2.05) is 0 Å². The molecule has 4 nitrogen and oxygen atoms in total. The Hall–Kier alpha value is -1.33. The Labute approximate surface area is 74.9 Å². The van der Waals surface area contributed by atoms with Crippen LogP contribution in [0.3, 0.4) is 0 Å². The van der Waals surface area contributed by atoms with Crippen LogP contribution in [-0.2, 0) is 4.74 Å². The number of anilines is 2. The molecule has 1 aromatic carbocycles. The first-order chi connectivity index (χ1) is 6.07. The number of hydrogen-bond donors (Lipinski definition) is 3. The monoisotopic (exact) mass is 186 g/mol. The second-order valence-electron chi connectivity index (χ2n) is 2.55. The molecule has 0 spiro atoms. The number of methoxy groups -OCH3 is 1. The lowest BCUT2D eigenvalue weighted by Crippen LogP contribution is -2.07. The molecule has 0 aliphatic rings. The summed E-state index contributed by atoms with van der Waals surface area (Å²) in [7, 11) is 1.31. The zero-order valence-electron chi connectivity index (χ0n) is 7.12. The van der Waals surface area contributed by atoms with Crippen molar-refractivity contribution in [3.63, 3.8) is 0 Å². The lowest BCUT2D eigenvalue weighted by molar-refractivity contribution is -0.0763. The van der Waals surface area contributed by atoms with Gasteiger partial charge in [0.25, 0.3) is 0 Å².